The van der Waals surface area contributed by atoms with Gasteiger partial charge in [-0.2, -0.15) is 5.26 Å². The number of nitro groups is 1. The molecule has 4 N–H and O–H groups in total. The third kappa shape index (κ3) is 2.04. The Morgan fingerprint density at radius 2 is 2.19 bits per heavy atom. The third-order valence-electron chi connectivity index (χ3n) is 3.27. The first-order chi connectivity index (χ1) is 10.0. The maximum atomic E-state index is 10.8. The molecule has 0 fully saturated rings. The molecule has 0 unspecified atom stereocenters. The van der Waals surface area contributed by atoms with E-state index in [1.807, 2.05) is 6.07 Å². The fraction of sp³-hybridized carbons (Fsp3) is 0.0769. The molecular formula is C13H9N5O2S. The van der Waals surface area contributed by atoms with Gasteiger partial charge in [-0.15, -0.1) is 0 Å². The highest BCUT2D eigenvalue weighted by atomic mass is 32.2. The van der Waals surface area contributed by atoms with E-state index < -0.39 is 4.92 Å². The minimum absolute atomic E-state index is 0.0280. The SMILES string of the molecule is N#Cc1c(N)nc2c(c1N)Cc1cc([N+](=O)[O-])ccc1S2. The molecule has 3 rings (SSSR count). The zero-order valence-electron chi connectivity index (χ0n) is 10.7. The Kier molecular flexibility index (Phi) is 2.92. The van der Waals surface area contributed by atoms with Crippen LogP contribution in [0.3, 0.4) is 0 Å². The summed E-state index contributed by atoms with van der Waals surface area (Å²) in [4.78, 5) is 15.5. The summed E-state index contributed by atoms with van der Waals surface area (Å²) in [5.41, 5.74) is 13.7. The Morgan fingerprint density at radius 1 is 1.43 bits per heavy atom. The van der Waals surface area contributed by atoms with Gasteiger partial charge >= 0.3 is 0 Å². The molecule has 0 amide bonds. The minimum Gasteiger partial charge on any atom is -0.397 e. The van der Waals surface area contributed by atoms with Gasteiger partial charge in [-0.1, -0.05) is 11.8 Å². The van der Waals surface area contributed by atoms with Crippen LogP contribution in [0.15, 0.2) is 28.1 Å². The first-order valence-electron chi connectivity index (χ1n) is 5.94. The van der Waals surface area contributed by atoms with Crippen molar-refractivity contribution in [3.8, 4) is 6.07 Å². The number of hydrogen-bond acceptors (Lipinski definition) is 7. The topological polar surface area (TPSA) is 132 Å². The lowest BCUT2D eigenvalue weighted by molar-refractivity contribution is -0.385. The Morgan fingerprint density at radius 3 is 2.86 bits per heavy atom. The number of aromatic nitrogens is 1. The predicted octanol–water partition coefficient (Wildman–Crippen LogP) is 2.08. The summed E-state index contributed by atoms with van der Waals surface area (Å²) in [6, 6.07) is 6.60. The molecule has 0 radical (unpaired) electrons. The number of hydrogen-bond donors (Lipinski definition) is 2. The van der Waals surface area contributed by atoms with Crippen molar-refractivity contribution < 1.29 is 4.92 Å². The smallest absolute Gasteiger partial charge is 0.269 e. The lowest BCUT2D eigenvalue weighted by Gasteiger charge is -2.20. The molecule has 1 aromatic heterocycles. The maximum Gasteiger partial charge on any atom is 0.269 e. The van der Waals surface area contributed by atoms with Crippen molar-refractivity contribution in [2.24, 2.45) is 0 Å². The van der Waals surface area contributed by atoms with Gasteiger partial charge in [0.2, 0.25) is 0 Å². The summed E-state index contributed by atoms with van der Waals surface area (Å²) >= 11 is 1.35. The summed E-state index contributed by atoms with van der Waals surface area (Å²) in [7, 11) is 0. The summed E-state index contributed by atoms with van der Waals surface area (Å²) in [6.45, 7) is 0. The molecule has 0 spiro atoms. The molecule has 2 aromatic rings. The number of nitrogens with zero attached hydrogens (tertiary/aromatic N) is 3. The molecule has 0 saturated carbocycles. The number of nitrogens with two attached hydrogens (primary N) is 2. The summed E-state index contributed by atoms with van der Waals surface area (Å²) in [5, 5.41) is 20.6. The number of fused-ring (bicyclic) bond motifs is 2. The molecule has 21 heavy (non-hydrogen) atoms. The van der Waals surface area contributed by atoms with Crippen LogP contribution in [0.25, 0.3) is 0 Å². The Balaban J connectivity index is 2.14. The first kappa shape index (κ1) is 13.2. The lowest BCUT2D eigenvalue weighted by atomic mass is 10.0. The molecule has 1 aromatic carbocycles. The monoisotopic (exact) mass is 299 g/mol. The van der Waals surface area contributed by atoms with Crippen molar-refractivity contribution in [2.45, 2.75) is 16.3 Å². The zero-order chi connectivity index (χ0) is 15.1. The van der Waals surface area contributed by atoms with Crippen molar-refractivity contribution in [3.05, 3.63) is 45.0 Å². The first-order valence-corrected chi connectivity index (χ1v) is 6.76. The average Bonchev–Trinajstić information content (AvgIpc) is 2.45. The van der Waals surface area contributed by atoms with Crippen LogP contribution in [0.4, 0.5) is 17.2 Å². The quantitative estimate of drug-likeness (QED) is 0.519. The van der Waals surface area contributed by atoms with E-state index in [0.717, 1.165) is 10.5 Å². The standard InChI is InChI=1S/C13H9N5O2S/c14-5-9-11(15)8-4-6-3-7(18(19)20)1-2-10(6)21-13(8)17-12(9)16/h1-3H,4H2,(H4,15,16,17). The summed E-state index contributed by atoms with van der Waals surface area (Å²) < 4.78 is 0. The zero-order valence-corrected chi connectivity index (χ0v) is 11.5. The molecule has 1 aliphatic heterocycles. The second kappa shape index (κ2) is 4.64. The molecule has 1 aliphatic rings. The van der Waals surface area contributed by atoms with Gasteiger partial charge in [0.05, 0.1) is 10.6 Å². The van der Waals surface area contributed by atoms with Gasteiger partial charge < -0.3 is 11.5 Å². The largest absolute Gasteiger partial charge is 0.397 e. The molecule has 0 atom stereocenters. The van der Waals surface area contributed by atoms with Gasteiger partial charge in [-0.25, -0.2) is 4.98 Å². The predicted molar refractivity (Wildman–Crippen MR) is 77.8 cm³/mol. The highest BCUT2D eigenvalue weighted by Crippen LogP contribution is 2.43. The molecule has 0 saturated heterocycles. The number of rotatable bonds is 1. The highest BCUT2D eigenvalue weighted by Gasteiger charge is 2.24. The summed E-state index contributed by atoms with van der Waals surface area (Å²) in [6.07, 6.45) is 0.396. The lowest BCUT2D eigenvalue weighted by Crippen LogP contribution is -2.10. The number of nitro benzene ring substituents is 1. The van der Waals surface area contributed by atoms with Crippen molar-refractivity contribution >= 4 is 29.0 Å². The van der Waals surface area contributed by atoms with Crippen molar-refractivity contribution in [2.75, 3.05) is 11.5 Å². The van der Waals surface area contributed by atoms with E-state index in [0.29, 0.717) is 22.7 Å². The van der Waals surface area contributed by atoms with Crippen LogP contribution in [-0.4, -0.2) is 9.91 Å². The minimum atomic E-state index is -0.439. The number of benzene rings is 1. The molecule has 0 bridgehead atoms. The van der Waals surface area contributed by atoms with E-state index >= 15 is 0 Å². The van der Waals surface area contributed by atoms with E-state index in [4.69, 9.17) is 16.7 Å². The number of non-ortho nitro benzene ring substituents is 1. The van der Waals surface area contributed by atoms with Crippen LogP contribution in [0.2, 0.25) is 0 Å². The van der Waals surface area contributed by atoms with Crippen molar-refractivity contribution in [1.29, 1.82) is 5.26 Å². The number of anilines is 2. The highest BCUT2D eigenvalue weighted by molar-refractivity contribution is 7.99. The van der Waals surface area contributed by atoms with E-state index in [9.17, 15) is 10.1 Å². The number of nitrogen functional groups attached to an aromatic ring is 2. The van der Waals surface area contributed by atoms with Crippen molar-refractivity contribution in [3.63, 3.8) is 0 Å². The maximum absolute atomic E-state index is 10.8. The molecule has 104 valence electrons. The van der Waals surface area contributed by atoms with Gasteiger partial charge in [0, 0.05) is 29.0 Å². The van der Waals surface area contributed by atoms with Crippen LogP contribution in [0.1, 0.15) is 16.7 Å². The van der Waals surface area contributed by atoms with E-state index in [1.54, 1.807) is 6.07 Å². The van der Waals surface area contributed by atoms with Gasteiger partial charge in [0.25, 0.3) is 5.69 Å². The van der Waals surface area contributed by atoms with Crippen molar-refractivity contribution in [1.82, 2.24) is 4.98 Å². The molecular weight excluding hydrogens is 290 g/mol. The van der Waals surface area contributed by atoms with Crippen LogP contribution in [0, 0.1) is 21.4 Å². The Bertz CT molecular complexity index is 828. The van der Waals surface area contributed by atoms with Gasteiger partial charge in [-0.05, 0) is 11.6 Å². The summed E-state index contributed by atoms with van der Waals surface area (Å²) in [5.74, 6) is 0.103. The fourth-order valence-electron chi connectivity index (χ4n) is 2.22. The van der Waals surface area contributed by atoms with Crippen LogP contribution in [-0.2, 0) is 6.42 Å². The fourth-order valence-corrected chi connectivity index (χ4v) is 3.28. The second-order valence-electron chi connectivity index (χ2n) is 4.51. The molecule has 2 heterocycles. The van der Waals surface area contributed by atoms with E-state index in [1.165, 1.54) is 23.9 Å². The normalized spacial score (nSPS) is 12.1. The average molecular weight is 299 g/mol. The second-order valence-corrected chi connectivity index (χ2v) is 5.54. The number of pyridine rings is 1. The Hall–Kier alpha value is -2.79. The van der Waals surface area contributed by atoms with Gasteiger partial charge in [0.1, 0.15) is 22.5 Å². The third-order valence-corrected chi connectivity index (χ3v) is 4.42. The molecule has 0 aliphatic carbocycles. The van der Waals surface area contributed by atoms with Gasteiger partial charge in [0.15, 0.2) is 0 Å². The van der Waals surface area contributed by atoms with Crippen LogP contribution < -0.4 is 11.5 Å². The van der Waals surface area contributed by atoms with E-state index in [2.05, 4.69) is 4.98 Å². The van der Waals surface area contributed by atoms with Crippen LogP contribution in [0.5, 0.6) is 0 Å². The number of nitriles is 1. The molecule has 8 heteroatoms. The van der Waals surface area contributed by atoms with Gasteiger partial charge in [-0.3, -0.25) is 10.1 Å². The van der Waals surface area contributed by atoms with Crippen LogP contribution >= 0.6 is 11.8 Å². The Labute approximate surface area is 123 Å². The molecule has 7 nitrogen and oxygen atoms in total. The van der Waals surface area contributed by atoms with E-state index in [-0.39, 0.29) is 17.1 Å².